The molecule has 2 aromatic carbocycles. The SMILES string of the molecule is OCc1cc[c]c(-c2ccc3cc[nH]c3c2)c1. The number of benzene rings is 2. The number of H-pyrrole nitrogens is 1. The van der Waals surface area contributed by atoms with Crippen LogP contribution in [0.5, 0.6) is 0 Å². The van der Waals surface area contributed by atoms with Crippen molar-refractivity contribution < 1.29 is 5.11 Å². The first-order chi connectivity index (χ1) is 8.36. The average molecular weight is 222 g/mol. The maximum absolute atomic E-state index is 9.13. The van der Waals surface area contributed by atoms with Crippen molar-refractivity contribution in [3.05, 3.63) is 60.3 Å². The molecule has 0 saturated heterocycles. The third kappa shape index (κ3) is 1.83. The van der Waals surface area contributed by atoms with Crippen LogP contribution in [0.4, 0.5) is 0 Å². The van der Waals surface area contributed by atoms with E-state index in [1.807, 2.05) is 30.5 Å². The van der Waals surface area contributed by atoms with Gasteiger partial charge in [-0.1, -0.05) is 24.3 Å². The molecule has 0 atom stereocenters. The molecular weight excluding hydrogens is 210 g/mol. The molecule has 1 radical (unpaired) electrons. The standard InChI is InChI=1S/C15H12NO/c17-10-11-2-1-3-13(8-11)14-5-4-12-6-7-16-15(12)9-14/h1-2,4-9,16-17H,10H2. The summed E-state index contributed by atoms with van der Waals surface area (Å²) in [7, 11) is 0. The lowest BCUT2D eigenvalue weighted by atomic mass is 10.0. The third-order valence-electron chi connectivity index (χ3n) is 2.91. The number of fused-ring (bicyclic) bond motifs is 1. The van der Waals surface area contributed by atoms with Crippen LogP contribution in [0, 0.1) is 6.07 Å². The van der Waals surface area contributed by atoms with E-state index in [0.717, 1.165) is 22.2 Å². The van der Waals surface area contributed by atoms with Crippen LogP contribution in [0.3, 0.4) is 0 Å². The molecular formula is C15H12NO. The number of hydrogen-bond acceptors (Lipinski definition) is 1. The van der Waals surface area contributed by atoms with Crippen LogP contribution >= 0.6 is 0 Å². The summed E-state index contributed by atoms with van der Waals surface area (Å²) in [6.45, 7) is 0.0619. The van der Waals surface area contributed by atoms with Gasteiger partial charge in [0.2, 0.25) is 0 Å². The molecule has 2 heteroatoms. The fourth-order valence-corrected chi connectivity index (χ4v) is 1.99. The van der Waals surface area contributed by atoms with E-state index in [2.05, 4.69) is 29.2 Å². The number of aliphatic hydroxyl groups excluding tert-OH is 1. The van der Waals surface area contributed by atoms with Gasteiger partial charge < -0.3 is 10.1 Å². The van der Waals surface area contributed by atoms with Crippen molar-refractivity contribution in [2.75, 3.05) is 0 Å². The van der Waals surface area contributed by atoms with Crippen molar-refractivity contribution in [2.24, 2.45) is 0 Å². The van der Waals surface area contributed by atoms with Crippen molar-refractivity contribution in [1.29, 1.82) is 0 Å². The van der Waals surface area contributed by atoms with Gasteiger partial charge >= 0.3 is 0 Å². The second-order valence-corrected chi connectivity index (χ2v) is 4.05. The van der Waals surface area contributed by atoms with Gasteiger partial charge in [0.1, 0.15) is 0 Å². The smallest absolute Gasteiger partial charge is 0.0682 e. The minimum Gasteiger partial charge on any atom is -0.392 e. The number of aromatic amines is 1. The molecule has 3 aromatic rings. The van der Waals surface area contributed by atoms with Crippen LogP contribution in [0.2, 0.25) is 0 Å². The van der Waals surface area contributed by atoms with E-state index >= 15 is 0 Å². The Hall–Kier alpha value is -2.06. The zero-order chi connectivity index (χ0) is 11.7. The highest BCUT2D eigenvalue weighted by molar-refractivity contribution is 5.84. The zero-order valence-electron chi connectivity index (χ0n) is 9.27. The molecule has 1 heterocycles. The van der Waals surface area contributed by atoms with Crippen LogP contribution in [0.15, 0.2) is 48.7 Å². The Bertz CT molecular complexity index is 655. The fourth-order valence-electron chi connectivity index (χ4n) is 1.99. The highest BCUT2D eigenvalue weighted by Gasteiger charge is 2.01. The number of rotatable bonds is 2. The van der Waals surface area contributed by atoms with Gasteiger partial charge in [-0.05, 0) is 46.3 Å². The first kappa shape index (κ1) is 10.1. The summed E-state index contributed by atoms with van der Waals surface area (Å²) in [5.41, 5.74) is 4.14. The lowest BCUT2D eigenvalue weighted by Gasteiger charge is -2.03. The second-order valence-electron chi connectivity index (χ2n) is 4.05. The molecule has 0 bridgehead atoms. The van der Waals surface area contributed by atoms with Gasteiger partial charge in [0, 0.05) is 11.7 Å². The largest absolute Gasteiger partial charge is 0.392 e. The van der Waals surface area contributed by atoms with Gasteiger partial charge in [-0.2, -0.15) is 0 Å². The molecule has 17 heavy (non-hydrogen) atoms. The van der Waals surface area contributed by atoms with Gasteiger partial charge in [0.15, 0.2) is 0 Å². The monoisotopic (exact) mass is 222 g/mol. The summed E-state index contributed by atoms with van der Waals surface area (Å²) < 4.78 is 0. The molecule has 0 aliphatic carbocycles. The van der Waals surface area contributed by atoms with Crippen molar-refractivity contribution in [3.63, 3.8) is 0 Å². The van der Waals surface area contributed by atoms with Crippen molar-refractivity contribution in [1.82, 2.24) is 4.98 Å². The lowest BCUT2D eigenvalue weighted by molar-refractivity contribution is 0.282. The molecule has 3 rings (SSSR count). The van der Waals surface area contributed by atoms with Gasteiger partial charge in [0.05, 0.1) is 6.61 Å². The van der Waals surface area contributed by atoms with Crippen LogP contribution in [0.1, 0.15) is 5.56 Å². The van der Waals surface area contributed by atoms with Gasteiger partial charge in [0.25, 0.3) is 0 Å². The Balaban J connectivity index is 2.12. The predicted octanol–water partition coefficient (Wildman–Crippen LogP) is 3.13. The summed E-state index contributed by atoms with van der Waals surface area (Å²) in [6, 6.07) is 17.2. The van der Waals surface area contributed by atoms with Crippen LogP contribution in [0.25, 0.3) is 22.0 Å². The molecule has 83 valence electrons. The summed E-state index contributed by atoms with van der Waals surface area (Å²) >= 11 is 0. The van der Waals surface area contributed by atoms with E-state index < -0.39 is 0 Å². The fraction of sp³-hybridized carbons (Fsp3) is 0.0667. The maximum atomic E-state index is 9.13. The van der Waals surface area contributed by atoms with Crippen LogP contribution in [-0.4, -0.2) is 10.1 Å². The molecule has 0 fully saturated rings. The minimum absolute atomic E-state index is 0.0619. The van der Waals surface area contributed by atoms with Gasteiger partial charge in [-0.15, -0.1) is 0 Å². The van der Waals surface area contributed by atoms with E-state index in [9.17, 15) is 0 Å². The van der Waals surface area contributed by atoms with Gasteiger partial charge in [-0.25, -0.2) is 0 Å². The van der Waals surface area contributed by atoms with E-state index in [1.165, 1.54) is 5.39 Å². The average Bonchev–Trinajstić information content (AvgIpc) is 2.86. The third-order valence-corrected chi connectivity index (χ3v) is 2.91. The molecule has 2 N–H and O–H groups in total. The summed E-state index contributed by atoms with van der Waals surface area (Å²) in [4.78, 5) is 3.20. The van der Waals surface area contributed by atoms with Crippen LogP contribution < -0.4 is 0 Å². The quantitative estimate of drug-likeness (QED) is 0.686. The van der Waals surface area contributed by atoms with Crippen molar-refractivity contribution >= 4 is 10.9 Å². The molecule has 0 saturated carbocycles. The number of nitrogens with one attached hydrogen (secondary N) is 1. The summed E-state index contributed by atoms with van der Waals surface area (Å²) in [5, 5.41) is 10.3. The van der Waals surface area contributed by atoms with E-state index in [-0.39, 0.29) is 6.61 Å². The summed E-state index contributed by atoms with van der Waals surface area (Å²) in [5.74, 6) is 0. The first-order valence-corrected chi connectivity index (χ1v) is 5.56. The Morgan fingerprint density at radius 2 is 2.06 bits per heavy atom. The Kier molecular flexibility index (Phi) is 2.42. The van der Waals surface area contributed by atoms with E-state index in [0.29, 0.717) is 0 Å². The molecule has 1 aromatic heterocycles. The highest BCUT2D eigenvalue weighted by atomic mass is 16.3. The molecule has 0 aliphatic heterocycles. The first-order valence-electron chi connectivity index (χ1n) is 5.56. The van der Waals surface area contributed by atoms with E-state index in [4.69, 9.17) is 5.11 Å². The van der Waals surface area contributed by atoms with Crippen molar-refractivity contribution in [2.45, 2.75) is 6.61 Å². The Morgan fingerprint density at radius 3 is 2.94 bits per heavy atom. The minimum atomic E-state index is 0.0619. The number of hydrogen-bond donors (Lipinski definition) is 2. The normalized spacial score (nSPS) is 10.9. The zero-order valence-corrected chi connectivity index (χ0v) is 9.27. The van der Waals surface area contributed by atoms with Gasteiger partial charge in [-0.3, -0.25) is 0 Å². The Morgan fingerprint density at radius 1 is 1.12 bits per heavy atom. The molecule has 2 nitrogen and oxygen atoms in total. The van der Waals surface area contributed by atoms with Crippen LogP contribution in [-0.2, 0) is 6.61 Å². The molecule has 0 aliphatic rings. The number of aliphatic hydroxyl groups is 1. The molecule has 0 spiro atoms. The molecule has 0 amide bonds. The topological polar surface area (TPSA) is 36.0 Å². The number of aromatic nitrogens is 1. The predicted molar refractivity (Wildman–Crippen MR) is 68.5 cm³/mol. The Labute approximate surface area is 99.5 Å². The highest BCUT2D eigenvalue weighted by Crippen LogP contribution is 2.24. The maximum Gasteiger partial charge on any atom is 0.0682 e. The van der Waals surface area contributed by atoms with E-state index in [1.54, 1.807) is 0 Å². The lowest BCUT2D eigenvalue weighted by Crippen LogP contribution is -1.84. The second kappa shape index (κ2) is 4.07. The molecule has 0 unspecified atom stereocenters. The van der Waals surface area contributed by atoms with Crippen molar-refractivity contribution in [3.8, 4) is 11.1 Å². The summed E-state index contributed by atoms with van der Waals surface area (Å²) in [6.07, 6.45) is 1.93.